The molecule has 0 radical (unpaired) electrons. The van der Waals surface area contributed by atoms with Crippen LogP contribution in [0.2, 0.25) is 0 Å². The van der Waals surface area contributed by atoms with E-state index < -0.39 is 4.92 Å². The number of nitriles is 2. The van der Waals surface area contributed by atoms with Gasteiger partial charge in [0.15, 0.2) is 0 Å². The van der Waals surface area contributed by atoms with E-state index in [9.17, 15) is 15.4 Å². The van der Waals surface area contributed by atoms with Gasteiger partial charge in [-0.1, -0.05) is 41.4 Å². The molecule has 0 bridgehead atoms. The molecule has 0 saturated carbocycles. The number of nitro benzene ring substituents is 1. The predicted octanol–water partition coefficient (Wildman–Crippen LogP) is 3.70. The maximum Gasteiger partial charge on any atom is 0.278 e. The third-order valence-electron chi connectivity index (χ3n) is 3.61. The fourth-order valence-corrected chi connectivity index (χ4v) is 2.59. The highest BCUT2D eigenvalue weighted by Gasteiger charge is 2.23. The summed E-state index contributed by atoms with van der Waals surface area (Å²) in [6.45, 7) is 1.91. The van der Waals surface area contributed by atoms with Gasteiger partial charge < -0.3 is 5.84 Å². The van der Waals surface area contributed by atoms with Gasteiger partial charge in [-0.15, -0.1) is 0 Å². The molecule has 0 fully saturated rings. The molecule has 2 rings (SSSR count). The van der Waals surface area contributed by atoms with Crippen LogP contribution in [0.5, 0.6) is 0 Å². The lowest BCUT2D eigenvalue weighted by molar-refractivity contribution is -0.385. The summed E-state index contributed by atoms with van der Waals surface area (Å²) >= 11 is 6.45. The molecule has 0 amide bonds. The van der Waals surface area contributed by atoms with Crippen LogP contribution in [-0.4, -0.2) is 11.1 Å². The van der Waals surface area contributed by atoms with Crippen LogP contribution in [0.4, 0.5) is 5.69 Å². The van der Waals surface area contributed by atoms with Gasteiger partial charge >= 0.3 is 0 Å². The Bertz CT molecular complexity index is 1010. The van der Waals surface area contributed by atoms with Crippen molar-refractivity contribution in [2.24, 2.45) is 10.9 Å². The molecule has 2 aromatic carbocycles. The van der Waals surface area contributed by atoms with E-state index >= 15 is 0 Å². The van der Waals surface area contributed by atoms with Crippen molar-refractivity contribution in [1.29, 1.82) is 10.5 Å². The van der Waals surface area contributed by atoms with Crippen LogP contribution in [0.1, 0.15) is 27.8 Å². The molecule has 26 heavy (non-hydrogen) atoms. The van der Waals surface area contributed by atoms with E-state index in [1.54, 1.807) is 18.2 Å². The highest BCUT2D eigenvalue weighted by molar-refractivity contribution is 6.56. The fourth-order valence-electron chi connectivity index (χ4n) is 2.31. The summed E-state index contributed by atoms with van der Waals surface area (Å²) in [4.78, 5) is 10.8. The number of hydrogen-bond donors (Lipinski definition) is 1. The van der Waals surface area contributed by atoms with E-state index in [2.05, 4.69) is 5.10 Å². The minimum atomic E-state index is -0.652. The van der Waals surface area contributed by atoms with Crippen LogP contribution in [0.3, 0.4) is 0 Å². The van der Waals surface area contributed by atoms with Gasteiger partial charge in [0, 0.05) is 11.6 Å². The van der Waals surface area contributed by atoms with Crippen LogP contribution in [0.25, 0.3) is 10.6 Å². The molecule has 0 aliphatic rings. The zero-order chi connectivity index (χ0) is 19.3. The van der Waals surface area contributed by atoms with Crippen molar-refractivity contribution in [3.63, 3.8) is 0 Å². The first-order valence-electron chi connectivity index (χ1n) is 7.26. The largest absolute Gasteiger partial charge is 0.323 e. The lowest BCUT2D eigenvalue weighted by Gasteiger charge is -2.09. The Kier molecular flexibility index (Phi) is 5.69. The van der Waals surface area contributed by atoms with Gasteiger partial charge in [-0.25, -0.2) is 0 Å². The molecule has 128 valence electrons. The van der Waals surface area contributed by atoms with Crippen LogP contribution < -0.4 is 5.84 Å². The summed E-state index contributed by atoms with van der Waals surface area (Å²) < 4.78 is 0. The third kappa shape index (κ3) is 3.69. The second kappa shape index (κ2) is 7.93. The van der Waals surface area contributed by atoms with Gasteiger partial charge in [0.25, 0.3) is 5.69 Å². The van der Waals surface area contributed by atoms with Crippen molar-refractivity contribution in [3.8, 4) is 12.1 Å². The number of hydrogen-bond acceptors (Lipinski definition) is 6. The van der Waals surface area contributed by atoms with Gasteiger partial charge in [0.05, 0.1) is 32.9 Å². The lowest BCUT2D eigenvalue weighted by atomic mass is 9.96. The number of aryl methyl sites for hydroxylation is 1. The molecule has 0 unspecified atom stereocenters. The van der Waals surface area contributed by atoms with Crippen LogP contribution in [0, 0.1) is 39.7 Å². The number of halogens is 1. The fraction of sp³-hybridized carbons (Fsp3) is 0.0556. The van der Waals surface area contributed by atoms with Crippen LogP contribution in [0.15, 0.2) is 41.5 Å². The molecular formula is C18H12ClN5O2. The zero-order valence-electron chi connectivity index (χ0n) is 13.6. The predicted molar refractivity (Wildman–Crippen MR) is 99.1 cm³/mol. The Balaban J connectivity index is 2.85. The molecule has 7 nitrogen and oxygen atoms in total. The van der Waals surface area contributed by atoms with Crippen LogP contribution >= 0.6 is 11.6 Å². The van der Waals surface area contributed by atoms with Gasteiger partial charge in [0.2, 0.25) is 0 Å². The zero-order valence-corrected chi connectivity index (χ0v) is 14.4. The number of nitro groups is 1. The molecule has 0 saturated heterocycles. The summed E-state index contributed by atoms with van der Waals surface area (Å²) in [5, 5.41) is 33.4. The van der Waals surface area contributed by atoms with E-state index in [0.29, 0.717) is 5.56 Å². The number of benzene rings is 2. The van der Waals surface area contributed by atoms with Gasteiger partial charge in [0.1, 0.15) is 12.1 Å². The highest BCUT2D eigenvalue weighted by Crippen LogP contribution is 2.35. The average molecular weight is 366 g/mol. The molecule has 0 aliphatic heterocycles. The summed E-state index contributed by atoms with van der Waals surface area (Å²) in [5.74, 6) is 5.25. The Morgan fingerprint density at radius 2 is 1.81 bits per heavy atom. The Labute approximate surface area is 154 Å². The van der Waals surface area contributed by atoms with Crippen molar-refractivity contribution >= 4 is 34.1 Å². The number of hydrazone groups is 1. The second-order valence-electron chi connectivity index (χ2n) is 5.27. The van der Waals surface area contributed by atoms with Gasteiger partial charge in [-0.3, -0.25) is 10.1 Å². The first-order valence-corrected chi connectivity index (χ1v) is 7.63. The summed E-state index contributed by atoms with van der Waals surface area (Å²) in [5.41, 5.74) is 1.35. The number of nitrogens with two attached hydrogens (primary N) is 1. The van der Waals surface area contributed by atoms with E-state index in [1.165, 1.54) is 12.3 Å². The van der Waals surface area contributed by atoms with Crippen molar-refractivity contribution < 1.29 is 4.92 Å². The Hall–Kier alpha value is -3.68. The van der Waals surface area contributed by atoms with Crippen molar-refractivity contribution in [2.75, 3.05) is 0 Å². The monoisotopic (exact) mass is 365 g/mol. The molecule has 0 aromatic heterocycles. The number of nitrogens with zero attached hydrogens (tertiary/aromatic N) is 4. The number of rotatable bonds is 4. The topological polar surface area (TPSA) is 129 Å². The van der Waals surface area contributed by atoms with Gasteiger partial charge in [-0.2, -0.15) is 15.6 Å². The van der Waals surface area contributed by atoms with E-state index in [-0.39, 0.29) is 33.0 Å². The molecule has 0 aliphatic carbocycles. The molecule has 0 spiro atoms. The quantitative estimate of drug-likeness (QED) is 0.290. The molecule has 2 aromatic rings. The SMILES string of the molecule is Cc1ccc(/C(Cl)=C(\C=N/N)c2cc(C#N)c(C#N)cc2[N+](=O)[O-])cc1. The molecular weight excluding hydrogens is 354 g/mol. The summed E-state index contributed by atoms with van der Waals surface area (Å²) in [7, 11) is 0. The molecule has 2 N–H and O–H groups in total. The minimum absolute atomic E-state index is 0.00982. The van der Waals surface area contributed by atoms with Gasteiger partial charge in [-0.05, 0) is 18.6 Å². The molecule has 0 atom stereocenters. The maximum atomic E-state index is 11.5. The minimum Gasteiger partial charge on any atom is -0.323 e. The van der Waals surface area contributed by atoms with Crippen molar-refractivity contribution in [3.05, 3.63) is 74.3 Å². The highest BCUT2D eigenvalue weighted by atomic mass is 35.5. The normalized spacial score (nSPS) is 11.5. The summed E-state index contributed by atoms with van der Waals surface area (Å²) in [6.07, 6.45) is 1.18. The Morgan fingerprint density at radius 1 is 1.23 bits per heavy atom. The van der Waals surface area contributed by atoms with E-state index in [1.807, 2.05) is 25.1 Å². The van der Waals surface area contributed by atoms with E-state index in [4.69, 9.17) is 22.7 Å². The summed E-state index contributed by atoms with van der Waals surface area (Å²) in [6, 6.07) is 13.1. The molecule has 0 heterocycles. The standard InChI is InChI=1S/C18H12ClN5O2/c1-11-2-4-12(5-3-11)18(19)16(10-23-22)15-6-13(8-20)14(9-21)7-17(15)24(25)26/h2-7,10H,22H2,1H3/b18-16-,23-10-. The second-order valence-corrected chi connectivity index (χ2v) is 5.65. The first kappa shape index (κ1) is 18.7. The number of allylic oxidation sites excluding steroid dienone is 1. The smallest absolute Gasteiger partial charge is 0.278 e. The van der Waals surface area contributed by atoms with Crippen molar-refractivity contribution in [1.82, 2.24) is 0 Å². The van der Waals surface area contributed by atoms with Crippen LogP contribution in [-0.2, 0) is 0 Å². The first-order chi connectivity index (χ1) is 12.4. The third-order valence-corrected chi connectivity index (χ3v) is 4.03. The van der Waals surface area contributed by atoms with E-state index in [0.717, 1.165) is 11.6 Å². The van der Waals surface area contributed by atoms with Crippen molar-refractivity contribution in [2.45, 2.75) is 6.92 Å². The maximum absolute atomic E-state index is 11.5. The average Bonchev–Trinajstić information content (AvgIpc) is 2.65. The lowest BCUT2D eigenvalue weighted by Crippen LogP contribution is -2.01. The molecule has 8 heteroatoms. The Morgan fingerprint density at radius 3 is 2.31 bits per heavy atom.